The zero-order valence-corrected chi connectivity index (χ0v) is 13.7. The first-order valence-electron chi connectivity index (χ1n) is 7.87. The molecule has 3 rings (SSSR count). The van der Waals surface area contributed by atoms with Gasteiger partial charge in [-0.2, -0.15) is 0 Å². The van der Waals surface area contributed by atoms with Crippen molar-refractivity contribution in [2.45, 2.75) is 6.92 Å². The van der Waals surface area contributed by atoms with Gasteiger partial charge in [-0.25, -0.2) is 4.39 Å². The third-order valence-corrected chi connectivity index (χ3v) is 3.79. The normalized spacial score (nSPS) is 10.8. The van der Waals surface area contributed by atoms with E-state index in [4.69, 9.17) is 0 Å². The maximum atomic E-state index is 12.9. The maximum absolute atomic E-state index is 12.9. The Morgan fingerprint density at radius 3 is 2.40 bits per heavy atom. The predicted octanol–water partition coefficient (Wildman–Crippen LogP) is 4.95. The largest absolute Gasteiger partial charge is 0.322 e. The molecule has 0 radical (unpaired) electrons. The molecule has 0 saturated heterocycles. The number of hydrogen-bond acceptors (Lipinski definition) is 2. The quantitative estimate of drug-likeness (QED) is 0.734. The Morgan fingerprint density at radius 2 is 1.72 bits per heavy atom. The predicted molar refractivity (Wildman–Crippen MR) is 98.7 cm³/mol. The van der Waals surface area contributed by atoms with Gasteiger partial charge in [0.05, 0.1) is 0 Å². The molecule has 0 unspecified atom stereocenters. The molecule has 0 aliphatic carbocycles. The molecule has 3 nitrogen and oxygen atoms in total. The molecule has 0 fully saturated rings. The minimum Gasteiger partial charge on any atom is -0.322 e. The highest BCUT2D eigenvalue weighted by molar-refractivity contribution is 6.04. The molecule has 0 saturated carbocycles. The first-order chi connectivity index (χ1) is 12.1. The van der Waals surface area contributed by atoms with Crippen molar-refractivity contribution >= 4 is 23.7 Å². The van der Waals surface area contributed by atoms with Gasteiger partial charge in [-0.15, -0.1) is 0 Å². The Balaban J connectivity index is 1.67. The van der Waals surface area contributed by atoms with E-state index in [-0.39, 0.29) is 11.7 Å². The lowest BCUT2D eigenvalue weighted by Gasteiger charge is -2.06. The summed E-state index contributed by atoms with van der Waals surface area (Å²) in [4.78, 5) is 16.2. The SMILES string of the molecule is Cc1cnccc1/C=C/c1ccc(NC(=O)c2ccc(F)cc2)cc1. The Bertz CT molecular complexity index is 900. The van der Waals surface area contributed by atoms with Gasteiger partial charge in [-0.05, 0) is 66.1 Å². The minimum absolute atomic E-state index is 0.268. The number of nitrogens with one attached hydrogen (secondary N) is 1. The zero-order valence-electron chi connectivity index (χ0n) is 13.7. The van der Waals surface area contributed by atoms with Crippen LogP contribution >= 0.6 is 0 Å². The fourth-order valence-corrected chi connectivity index (χ4v) is 2.34. The number of amides is 1. The number of halogens is 1. The van der Waals surface area contributed by atoms with Gasteiger partial charge in [0.25, 0.3) is 5.91 Å². The van der Waals surface area contributed by atoms with Gasteiger partial charge in [0.15, 0.2) is 0 Å². The van der Waals surface area contributed by atoms with Crippen molar-refractivity contribution in [3.63, 3.8) is 0 Å². The first-order valence-corrected chi connectivity index (χ1v) is 7.87. The average molecular weight is 332 g/mol. The summed E-state index contributed by atoms with van der Waals surface area (Å²) in [7, 11) is 0. The van der Waals surface area contributed by atoms with E-state index in [9.17, 15) is 9.18 Å². The molecule has 1 heterocycles. The third-order valence-electron chi connectivity index (χ3n) is 3.79. The van der Waals surface area contributed by atoms with E-state index in [0.717, 1.165) is 16.7 Å². The molecule has 0 aliphatic rings. The van der Waals surface area contributed by atoms with Gasteiger partial charge >= 0.3 is 0 Å². The van der Waals surface area contributed by atoms with Gasteiger partial charge in [-0.1, -0.05) is 24.3 Å². The van der Waals surface area contributed by atoms with Crippen molar-refractivity contribution in [1.29, 1.82) is 0 Å². The van der Waals surface area contributed by atoms with Crippen LogP contribution in [0.3, 0.4) is 0 Å². The number of anilines is 1. The van der Waals surface area contributed by atoms with Gasteiger partial charge in [0.2, 0.25) is 0 Å². The zero-order chi connectivity index (χ0) is 17.6. The van der Waals surface area contributed by atoms with Crippen LogP contribution in [0.25, 0.3) is 12.2 Å². The molecule has 0 aliphatic heterocycles. The second-order valence-corrected chi connectivity index (χ2v) is 5.65. The summed E-state index contributed by atoms with van der Waals surface area (Å²) >= 11 is 0. The second kappa shape index (κ2) is 7.53. The number of carbonyl (C=O) groups is 1. The van der Waals surface area contributed by atoms with Crippen molar-refractivity contribution < 1.29 is 9.18 Å². The molecule has 0 bridgehead atoms. The highest BCUT2D eigenvalue weighted by Gasteiger charge is 2.05. The summed E-state index contributed by atoms with van der Waals surface area (Å²) < 4.78 is 12.9. The molecule has 1 N–H and O–H groups in total. The summed E-state index contributed by atoms with van der Waals surface area (Å²) in [5.74, 6) is -0.632. The number of aryl methyl sites for hydroxylation is 1. The van der Waals surface area contributed by atoms with Crippen molar-refractivity contribution in [3.05, 3.63) is 95.1 Å². The fourth-order valence-electron chi connectivity index (χ4n) is 2.34. The second-order valence-electron chi connectivity index (χ2n) is 5.65. The molecule has 2 aromatic carbocycles. The van der Waals surface area contributed by atoms with E-state index >= 15 is 0 Å². The lowest BCUT2D eigenvalue weighted by atomic mass is 10.1. The van der Waals surface area contributed by atoms with Crippen LogP contribution in [0.4, 0.5) is 10.1 Å². The number of pyridine rings is 1. The summed E-state index contributed by atoms with van der Waals surface area (Å²) in [5, 5.41) is 2.79. The highest BCUT2D eigenvalue weighted by atomic mass is 19.1. The van der Waals surface area contributed by atoms with Crippen LogP contribution in [0.1, 0.15) is 27.0 Å². The van der Waals surface area contributed by atoms with Crippen molar-refractivity contribution in [3.8, 4) is 0 Å². The average Bonchev–Trinajstić information content (AvgIpc) is 2.63. The number of aromatic nitrogens is 1. The lowest BCUT2D eigenvalue weighted by molar-refractivity contribution is 0.102. The Labute approximate surface area is 145 Å². The van der Waals surface area contributed by atoms with E-state index in [1.807, 2.05) is 55.6 Å². The number of hydrogen-bond donors (Lipinski definition) is 1. The van der Waals surface area contributed by atoms with Crippen LogP contribution in [0.2, 0.25) is 0 Å². The van der Waals surface area contributed by atoms with Gasteiger partial charge in [-0.3, -0.25) is 9.78 Å². The van der Waals surface area contributed by atoms with Crippen molar-refractivity contribution in [2.75, 3.05) is 5.32 Å². The van der Waals surface area contributed by atoms with Gasteiger partial charge in [0, 0.05) is 23.6 Å². The third kappa shape index (κ3) is 4.38. The number of carbonyl (C=O) groups excluding carboxylic acids is 1. The standard InChI is InChI=1S/C21H17FN2O/c1-15-14-23-13-12-17(15)5-2-16-3-10-20(11-4-16)24-21(25)18-6-8-19(22)9-7-18/h2-14H,1H3,(H,24,25)/b5-2+. The molecular weight excluding hydrogens is 315 g/mol. The van der Waals surface area contributed by atoms with Crippen molar-refractivity contribution in [2.24, 2.45) is 0 Å². The van der Waals surface area contributed by atoms with Crippen LogP contribution in [0.15, 0.2) is 67.0 Å². The topological polar surface area (TPSA) is 42.0 Å². The van der Waals surface area contributed by atoms with E-state index in [1.165, 1.54) is 24.3 Å². The summed E-state index contributed by atoms with van der Waals surface area (Å²) in [6.45, 7) is 2.01. The van der Waals surface area contributed by atoms with Crippen LogP contribution in [0, 0.1) is 12.7 Å². The Kier molecular flexibility index (Phi) is 5.00. The molecule has 0 atom stereocenters. The Hall–Kier alpha value is -3.27. The number of benzene rings is 2. The van der Waals surface area contributed by atoms with Crippen LogP contribution in [-0.4, -0.2) is 10.9 Å². The minimum atomic E-state index is -0.364. The van der Waals surface area contributed by atoms with E-state index in [0.29, 0.717) is 11.3 Å². The summed E-state index contributed by atoms with van der Waals surface area (Å²) in [6.07, 6.45) is 7.63. The Morgan fingerprint density at radius 1 is 1.00 bits per heavy atom. The van der Waals surface area contributed by atoms with E-state index in [2.05, 4.69) is 10.3 Å². The fraction of sp³-hybridized carbons (Fsp3) is 0.0476. The molecule has 1 aromatic heterocycles. The number of nitrogens with zero attached hydrogens (tertiary/aromatic N) is 1. The highest BCUT2D eigenvalue weighted by Crippen LogP contribution is 2.15. The molecule has 1 amide bonds. The van der Waals surface area contributed by atoms with E-state index < -0.39 is 0 Å². The molecule has 25 heavy (non-hydrogen) atoms. The maximum Gasteiger partial charge on any atom is 0.255 e. The van der Waals surface area contributed by atoms with Gasteiger partial charge < -0.3 is 5.32 Å². The number of rotatable bonds is 4. The van der Waals surface area contributed by atoms with Crippen molar-refractivity contribution in [1.82, 2.24) is 4.98 Å². The summed E-state index contributed by atoms with van der Waals surface area (Å²) in [6, 6.07) is 14.9. The lowest BCUT2D eigenvalue weighted by Crippen LogP contribution is -2.11. The molecule has 4 heteroatoms. The smallest absolute Gasteiger partial charge is 0.255 e. The molecule has 0 spiro atoms. The van der Waals surface area contributed by atoms with Crippen LogP contribution < -0.4 is 5.32 Å². The van der Waals surface area contributed by atoms with Crippen LogP contribution in [0.5, 0.6) is 0 Å². The molecule has 3 aromatic rings. The first kappa shape index (κ1) is 16.6. The van der Waals surface area contributed by atoms with Crippen LogP contribution in [-0.2, 0) is 0 Å². The molecular formula is C21H17FN2O. The monoisotopic (exact) mass is 332 g/mol. The summed E-state index contributed by atoms with van der Waals surface area (Å²) in [5.41, 5.74) is 4.35. The molecule has 124 valence electrons. The van der Waals surface area contributed by atoms with Gasteiger partial charge in [0.1, 0.15) is 5.82 Å². The van der Waals surface area contributed by atoms with E-state index in [1.54, 1.807) is 6.20 Å².